The number of benzene rings is 1. The zero-order valence-electron chi connectivity index (χ0n) is 17.4. The van der Waals surface area contributed by atoms with Crippen molar-refractivity contribution in [1.29, 1.82) is 0 Å². The van der Waals surface area contributed by atoms with Crippen LogP contribution in [0.1, 0.15) is 13.8 Å². The molecule has 0 aliphatic carbocycles. The van der Waals surface area contributed by atoms with Crippen LogP contribution < -0.4 is 15.1 Å². The molecule has 0 aromatic heterocycles. The number of carbonyl (C=O) groups excluding carboxylic acids is 1. The van der Waals surface area contributed by atoms with Gasteiger partial charge in [0, 0.05) is 32.1 Å². The van der Waals surface area contributed by atoms with E-state index in [1.807, 2.05) is 13.8 Å². The average molecular weight is 493 g/mol. The molecule has 1 aromatic rings. The minimum absolute atomic E-state index is 0.196. The monoisotopic (exact) mass is 492 g/mol. The Kier molecular flexibility index (Phi) is 7.61. The first kappa shape index (κ1) is 24.0. The van der Waals surface area contributed by atoms with Crippen molar-refractivity contribution in [2.24, 2.45) is 5.92 Å². The maximum atomic E-state index is 14.8. The number of ether oxygens (including phenoxy) is 1. The molecule has 1 atom stereocenters. The summed E-state index contributed by atoms with van der Waals surface area (Å²) in [6.07, 6.45) is -0.918. The molecule has 1 aromatic carbocycles. The van der Waals surface area contributed by atoms with Gasteiger partial charge in [0.1, 0.15) is 17.1 Å². The standard InChI is InChI=1S/C19H26ClFN4O4S2/c1-13(2)18(30)22-10-15-11-25(19(26)29-15)14-3-4-17(16(21)9-14)23-5-7-24(8-6-23)31(27,28)12-20/h3-4,9,13,15H,5-8,10-12H2,1-2H3,(H,22,30). The van der Waals surface area contributed by atoms with Gasteiger partial charge in [-0.2, -0.15) is 4.31 Å². The Morgan fingerprint density at radius 1 is 1.32 bits per heavy atom. The number of cyclic esters (lactones) is 1. The molecular formula is C19H26ClFN4O4S2. The minimum atomic E-state index is -3.47. The highest BCUT2D eigenvalue weighted by atomic mass is 35.5. The summed E-state index contributed by atoms with van der Waals surface area (Å²) in [5, 5.41) is 2.62. The summed E-state index contributed by atoms with van der Waals surface area (Å²) >= 11 is 10.7. The summed E-state index contributed by atoms with van der Waals surface area (Å²) in [6.45, 7) is 5.81. The fourth-order valence-corrected chi connectivity index (χ4v) is 4.81. The van der Waals surface area contributed by atoms with Crippen molar-refractivity contribution in [1.82, 2.24) is 9.62 Å². The number of carbonyl (C=O) groups is 1. The summed E-state index contributed by atoms with van der Waals surface area (Å²) in [5.41, 5.74) is 0.767. The van der Waals surface area contributed by atoms with E-state index >= 15 is 0 Å². The second kappa shape index (κ2) is 9.85. The van der Waals surface area contributed by atoms with Crippen LogP contribution >= 0.6 is 23.8 Å². The number of amides is 1. The van der Waals surface area contributed by atoms with Gasteiger partial charge in [-0.05, 0) is 18.2 Å². The van der Waals surface area contributed by atoms with Crippen molar-refractivity contribution >= 4 is 56.3 Å². The molecule has 0 radical (unpaired) electrons. The number of nitrogens with zero attached hydrogens (tertiary/aromatic N) is 3. The van der Waals surface area contributed by atoms with E-state index in [4.69, 9.17) is 28.6 Å². The number of hydrogen-bond donors (Lipinski definition) is 1. The quantitative estimate of drug-likeness (QED) is 0.462. The molecule has 1 unspecified atom stereocenters. The van der Waals surface area contributed by atoms with Gasteiger partial charge in [0.25, 0.3) is 0 Å². The average Bonchev–Trinajstić information content (AvgIpc) is 3.12. The zero-order chi connectivity index (χ0) is 22.8. The molecule has 2 aliphatic rings. The number of sulfonamides is 1. The van der Waals surface area contributed by atoms with Gasteiger partial charge < -0.3 is 15.0 Å². The third kappa shape index (κ3) is 5.57. The first-order valence-electron chi connectivity index (χ1n) is 9.96. The Morgan fingerprint density at radius 2 is 2.00 bits per heavy atom. The van der Waals surface area contributed by atoms with Crippen LogP contribution in [-0.4, -0.2) is 74.4 Å². The van der Waals surface area contributed by atoms with E-state index in [0.29, 0.717) is 42.5 Å². The first-order valence-corrected chi connectivity index (χ1v) is 12.5. The summed E-state index contributed by atoms with van der Waals surface area (Å²) in [4.78, 5) is 16.1. The lowest BCUT2D eigenvalue weighted by atomic mass is 10.2. The van der Waals surface area contributed by atoms with Crippen LogP contribution in [0, 0.1) is 11.7 Å². The predicted molar refractivity (Wildman–Crippen MR) is 123 cm³/mol. The van der Waals surface area contributed by atoms with E-state index in [1.165, 1.54) is 15.3 Å². The molecule has 2 heterocycles. The smallest absolute Gasteiger partial charge is 0.414 e. The van der Waals surface area contributed by atoms with Gasteiger partial charge in [-0.1, -0.05) is 26.1 Å². The maximum absolute atomic E-state index is 14.8. The molecule has 1 amide bonds. The predicted octanol–water partition coefficient (Wildman–Crippen LogP) is 2.37. The van der Waals surface area contributed by atoms with Crippen LogP contribution in [0.25, 0.3) is 0 Å². The highest BCUT2D eigenvalue weighted by Gasteiger charge is 2.33. The summed E-state index contributed by atoms with van der Waals surface area (Å²) in [7, 11) is -3.47. The minimum Gasteiger partial charge on any atom is -0.442 e. The Labute approximate surface area is 192 Å². The fourth-order valence-electron chi connectivity index (χ4n) is 3.45. The maximum Gasteiger partial charge on any atom is 0.414 e. The van der Waals surface area contributed by atoms with Crippen LogP contribution in [-0.2, 0) is 14.8 Å². The molecule has 172 valence electrons. The normalized spacial score (nSPS) is 20.3. The van der Waals surface area contributed by atoms with Gasteiger partial charge in [0.2, 0.25) is 10.0 Å². The second-order valence-corrected chi connectivity index (χ2v) is 10.8. The summed E-state index contributed by atoms with van der Waals surface area (Å²) in [6, 6.07) is 4.56. The topological polar surface area (TPSA) is 82.2 Å². The van der Waals surface area contributed by atoms with Crippen molar-refractivity contribution in [3.63, 3.8) is 0 Å². The van der Waals surface area contributed by atoms with Crippen LogP contribution in [0.2, 0.25) is 0 Å². The molecule has 8 nitrogen and oxygen atoms in total. The number of anilines is 2. The van der Waals surface area contributed by atoms with Gasteiger partial charge >= 0.3 is 6.09 Å². The summed E-state index contributed by atoms with van der Waals surface area (Å²) < 4.78 is 45.3. The molecule has 0 saturated carbocycles. The van der Waals surface area contributed by atoms with Crippen molar-refractivity contribution < 1.29 is 22.3 Å². The summed E-state index contributed by atoms with van der Waals surface area (Å²) in [5.74, 6) is -0.289. The van der Waals surface area contributed by atoms with Crippen molar-refractivity contribution in [3.05, 3.63) is 24.0 Å². The molecule has 1 N–H and O–H groups in total. The van der Waals surface area contributed by atoms with Gasteiger partial charge in [0.05, 0.1) is 29.5 Å². The second-order valence-electron chi connectivity index (χ2n) is 7.76. The fraction of sp³-hybridized carbons (Fsp3) is 0.579. The third-order valence-corrected chi connectivity index (χ3v) is 8.13. The largest absolute Gasteiger partial charge is 0.442 e. The molecule has 3 rings (SSSR count). The number of hydrogen-bond acceptors (Lipinski definition) is 6. The van der Waals surface area contributed by atoms with E-state index in [-0.39, 0.29) is 25.1 Å². The number of piperazine rings is 1. The molecule has 0 bridgehead atoms. The van der Waals surface area contributed by atoms with Crippen molar-refractivity contribution in [3.8, 4) is 0 Å². The highest BCUT2D eigenvalue weighted by molar-refractivity contribution is 7.90. The molecule has 2 aliphatic heterocycles. The van der Waals surface area contributed by atoms with Crippen LogP contribution in [0.5, 0.6) is 0 Å². The lowest BCUT2D eigenvalue weighted by molar-refractivity contribution is 0.143. The Morgan fingerprint density at radius 3 is 2.58 bits per heavy atom. The van der Waals surface area contributed by atoms with Crippen LogP contribution in [0.3, 0.4) is 0 Å². The number of alkyl halides is 1. The van der Waals surface area contributed by atoms with Gasteiger partial charge in [-0.3, -0.25) is 4.90 Å². The van der Waals surface area contributed by atoms with E-state index in [2.05, 4.69) is 5.32 Å². The third-order valence-electron chi connectivity index (χ3n) is 5.26. The Hall–Kier alpha value is -1.69. The molecule has 2 saturated heterocycles. The number of thiocarbonyl (C=S) groups is 1. The zero-order valence-corrected chi connectivity index (χ0v) is 19.8. The van der Waals surface area contributed by atoms with Gasteiger partial charge in [0.15, 0.2) is 0 Å². The molecular weight excluding hydrogens is 467 g/mol. The van der Waals surface area contributed by atoms with E-state index in [1.54, 1.807) is 17.0 Å². The number of halogens is 2. The van der Waals surface area contributed by atoms with Gasteiger partial charge in [-0.15, -0.1) is 11.6 Å². The van der Waals surface area contributed by atoms with Crippen molar-refractivity contribution in [2.45, 2.75) is 20.0 Å². The van der Waals surface area contributed by atoms with E-state index in [9.17, 15) is 17.6 Å². The SMILES string of the molecule is CC(C)C(=S)NCC1CN(c2ccc(N3CCN(S(=O)(=O)CCl)CC3)c(F)c2)C(=O)O1. The first-order chi connectivity index (χ1) is 14.6. The number of nitrogens with one attached hydrogen (secondary N) is 1. The van der Waals surface area contributed by atoms with Crippen LogP contribution in [0.15, 0.2) is 18.2 Å². The Balaban J connectivity index is 1.62. The lowest BCUT2D eigenvalue weighted by Crippen LogP contribution is -2.49. The Bertz CT molecular complexity index is 939. The van der Waals surface area contributed by atoms with Gasteiger partial charge in [-0.25, -0.2) is 17.6 Å². The van der Waals surface area contributed by atoms with Crippen LogP contribution in [0.4, 0.5) is 20.6 Å². The van der Waals surface area contributed by atoms with Crippen molar-refractivity contribution in [2.75, 3.05) is 54.3 Å². The molecule has 12 heteroatoms. The lowest BCUT2D eigenvalue weighted by Gasteiger charge is -2.35. The number of rotatable bonds is 7. The molecule has 0 spiro atoms. The molecule has 31 heavy (non-hydrogen) atoms. The van der Waals surface area contributed by atoms with E-state index < -0.39 is 27.1 Å². The van der Waals surface area contributed by atoms with E-state index in [0.717, 1.165) is 0 Å². The highest BCUT2D eigenvalue weighted by Crippen LogP contribution is 2.28. The molecule has 2 fully saturated rings.